The van der Waals surface area contributed by atoms with Crippen LogP contribution in [0.4, 0.5) is 8.78 Å². The Morgan fingerprint density at radius 3 is 2.43 bits per heavy atom. The summed E-state index contributed by atoms with van der Waals surface area (Å²) in [5.41, 5.74) is 5.26. The largest absolute Gasteiger partial charge is 0.507 e. The maximum atomic E-state index is 13.0. The van der Waals surface area contributed by atoms with Crippen LogP contribution in [0.2, 0.25) is 0 Å². The van der Waals surface area contributed by atoms with Gasteiger partial charge in [0.15, 0.2) is 0 Å². The van der Waals surface area contributed by atoms with E-state index in [4.69, 9.17) is 10.8 Å². The van der Waals surface area contributed by atoms with Crippen molar-refractivity contribution in [2.24, 2.45) is 5.73 Å². The topological polar surface area (TPSA) is 46.2 Å². The van der Waals surface area contributed by atoms with Gasteiger partial charge in [-0.25, -0.2) is 8.78 Å². The second-order valence-electron chi connectivity index (χ2n) is 2.58. The van der Waals surface area contributed by atoms with E-state index in [-0.39, 0.29) is 18.0 Å². The molecule has 0 saturated carbocycles. The fraction of sp³-hybridized carbons (Fsp3) is 0.111. The van der Waals surface area contributed by atoms with Gasteiger partial charge in [-0.05, 0) is 0 Å². The van der Waals surface area contributed by atoms with Crippen LogP contribution in [0, 0.1) is 11.6 Å². The number of aromatic hydroxyl groups is 1. The summed E-state index contributed by atoms with van der Waals surface area (Å²) in [4.78, 5) is 0. The summed E-state index contributed by atoms with van der Waals surface area (Å²) in [5, 5.41) is 9.17. The Morgan fingerprint density at radius 1 is 1.43 bits per heavy atom. The van der Waals surface area contributed by atoms with E-state index < -0.39 is 23.4 Å². The number of phenols is 1. The minimum absolute atomic E-state index is 0. The monoisotopic (exact) mass is 221 g/mol. The molecule has 1 aromatic rings. The molecule has 14 heavy (non-hydrogen) atoms. The third-order valence-corrected chi connectivity index (χ3v) is 1.66. The lowest BCUT2D eigenvalue weighted by Gasteiger charge is -2.09. The molecule has 0 heterocycles. The third kappa shape index (κ3) is 2.43. The van der Waals surface area contributed by atoms with Gasteiger partial charge in [0.05, 0.1) is 11.6 Å². The van der Waals surface area contributed by atoms with Crippen LogP contribution in [-0.4, -0.2) is 5.11 Å². The number of phenolic OH excluding ortho intramolecular Hbond substituents is 1. The normalized spacial score (nSPS) is 11.6. The zero-order valence-electron chi connectivity index (χ0n) is 7.21. The van der Waals surface area contributed by atoms with Crippen LogP contribution in [0.1, 0.15) is 11.6 Å². The Morgan fingerprint density at radius 2 is 2.00 bits per heavy atom. The van der Waals surface area contributed by atoms with Gasteiger partial charge in [0.25, 0.3) is 0 Å². The predicted octanol–water partition coefficient (Wildman–Crippen LogP) is 2.28. The molecule has 0 aromatic heterocycles. The molecule has 0 saturated heterocycles. The fourth-order valence-corrected chi connectivity index (χ4v) is 1.02. The van der Waals surface area contributed by atoms with Crippen LogP contribution in [-0.2, 0) is 0 Å². The van der Waals surface area contributed by atoms with Crippen LogP contribution >= 0.6 is 12.4 Å². The standard InChI is InChI=1S/C9H9F2NO.ClH/c1-2-7(12)9-6(11)3-5(10)4-8(9)13;/h2-4,7,13H,1,12H2;1H/t7-;/m0./s1. The number of halogens is 3. The van der Waals surface area contributed by atoms with Gasteiger partial charge in [-0.2, -0.15) is 0 Å². The molecule has 0 bridgehead atoms. The first-order valence-electron chi connectivity index (χ1n) is 3.62. The second-order valence-corrected chi connectivity index (χ2v) is 2.58. The fourth-order valence-electron chi connectivity index (χ4n) is 1.02. The van der Waals surface area contributed by atoms with Gasteiger partial charge in [-0.1, -0.05) is 6.08 Å². The molecular weight excluding hydrogens is 212 g/mol. The molecule has 0 aliphatic rings. The van der Waals surface area contributed by atoms with Crippen molar-refractivity contribution >= 4 is 12.4 Å². The molecule has 0 fully saturated rings. The van der Waals surface area contributed by atoms with Crippen LogP contribution in [0.5, 0.6) is 5.75 Å². The first-order chi connectivity index (χ1) is 6.06. The van der Waals surface area contributed by atoms with Gasteiger partial charge in [-0.15, -0.1) is 19.0 Å². The van der Waals surface area contributed by atoms with Gasteiger partial charge in [0.1, 0.15) is 17.4 Å². The first-order valence-corrected chi connectivity index (χ1v) is 3.62. The molecule has 1 atom stereocenters. The molecule has 5 heteroatoms. The summed E-state index contributed by atoms with van der Waals surface area (Å²) in [6.45, 7) is 3.35. The average Bonchev–Trinajstić information content (AvgIpc) is 2.02. The van der Waals surface area contributed by atoms with E-state index in [9.17, 15) is 8.78 Å². The van der Waals surface area contributed by atoms with Crippen LogP contribution in [0.3, 0.4) is 0 Å². The summed E-state index contributed by atoms with van der Waals surface area (Å²) in [5.74, 6) is -2.20. The van der Waals surface area contributed by atoms with E-state index in [2.05, 4.69) is 6.58 Å². The van der Waals surface area contributed by atoms with Crippen molar-refractivity contribution in [3.05, 3.63) is 42.0 Å². The Hall–Kier alpha value is -1.13. The highest BCUT2D eigenvalue weighted by atomic mass is 35.5. The van der Waals surface area contributed by atoms with Crippen molar-refractivity contribution < 1.29 is 13.9 Å². The smallest absolute Gasteiger partial charge is 0.134 e. The average molecular weight is 222 g/mol. The van der Waals surface area contributed by atoms with E-state index in [1.807, 2.05) is 0 Å². The molecule has 0 aliphatic carbocycles. The Kier molecular flexibility index (Phi) is 4.53. The number of nitrogens with two attached hydrogens (primary N) is 1. The lowest BCUT2D eigenvalue weighted by Crippen LogP contribution is -2.09. The molecule has 0 aliphatic heterocycles. The Labute approximate surface area is 86.5 Å². The van der Waals surface area contributed by atoms with Crippen molar-refractivity contribution in [1.82, 2.24) is 0 Å². The van der Waals surface area contributed by atoms with E-state index in [1.54, 1.807) is 0 Å². The van der Waals surface area contributed by atoms with Gasteiger partial charge in [0, 0.05) is 12.1 Å². The van der Waals surface area contributed by atoms with E-state index in [1.165, 1.54) is 6.08 Å². The quantitative estimate of drug-likeness (QED) is 0.753. The molecule has 0 unspecified atom stereocenters. The van der Waals surface area contributed by atoms with Crippen molar-refractivity contribution in [1.29, 1.82) is 0 Å². The van der Waals surface area contributed by atoms with Crippen LogP contribution < -0.4 is 5.73 Å². The molecule has 0 amide bonds. The lowest BCUT2D eigenvalue weighted by molar-refractivity contribution is 0.446. The molecule has 2 nitrogen and oxygen atoms in total. The summed E-state index contributed by atoms with van der Waals surface area (Å²) in [6, 6.07) is 0.640. The zero-order valence-corrected chi connectivity index (χ0v) is 8.02. The molecule has 1 aromatic carbocycles. The molecule has 1 rings (SSSR count). The SMILES string of the molecule is C=C[C@H](N)c1c(O)cc(F)cc1F.Cl. The van der Waals surface area contributed by atoms with Gasteiger partial charge in [0.2, 0.25) is 0 Å². The zero-order chi connectivity index (χ0) is 10.0. The lowest BCUT2D eigenvalue weighted by atomic mass is 10.1. The molecule has 78 valence electrons. The number of rotatable bonds is 2. The van der Waals surface area contributed by atoms with E-state index in [0.717, 1.165) is 6.07 Å². The highest BCUT2D eigenvalue weighted by Crippen LogP contribution is 2.27. The van der Waals surface area contributed by atoms with Gasteiger partial charge in [-0.3, -0.25) is 0 Å². The Bertz CT molecular complexity index is 321. The number of hydrogen-bond donors (Lipinski definition) is 2. The van der Waals surface area contributed by atoms with Gasteiger partial charge >= 0.3 is 0 Å². The maximum absolute atomic E-state index is 13.0. The molecule has 0 spiro atoms. The highest BCUT2D eigenvalue weighted by Gasteiger charge is 2.14. The van der Waals surface area contributed by atoms with Crippen molar-refractivity contribution in [3.8, 4) is 5.75 Å². The van der Waals surface area contributed by atoms with Crippen LogP contribution in [0.25, 0.3) is 0 Å². The Balaban J connectivity index is 0.00000169. The summed E-state index contributed by atoms with van der Waals surface area (Å²) < 4.78 is 25.5. The highest BCUT2D eigenvalue weighted by molar-refractivity contribution is 5.85. The van der Waals surface area contributed by atoms with Crippen molar-refractivity contribution in [2.75, 3.05) is 0 Å². The van der Waals surface area contributed by atoms with E-state index in [0.29, 0.717) is 6.07 Å². The van der Waals surface area contributed by atoms with Crippen molar-refractivity contribution in [2.45, 2.75) is 6.04 Å². The minimum atomic E-state index is -0.870. The predicted molar refractivity (Wildman–Crippen MR) is 52.4 cm³/mol. The number of benzene rings is 1. The first kappa shape index (κ1) is 12.9. The van der Waals surface area contributed by atoms with Crippen molar-refractivity contribution in [3.63, 3.8) is 0 Å². The van der Waals surface area contributed by atoms with Gasteiger partial charge < -0.3 is 10.8 Å². The molecular formula is C9H10ClF2NO. The second kappa shape index (κ2) is 4.93. The number of hydrogen-bond acceptors (Lipinski definition) is 2. The summed E-state index contributed by atoms with van der Waals surface area (Å²) in [6.07, 6.45) is 1.26. The summed E-state index contributed by atoms with van der Waals surface area (Å²) >= 11 is 0. The minimum Gasteiger partial charge on any atom is -0.507 e. The van der Waals surface area contributed by atoms with Crippen LogP contribution in [0.15, 0.2) is 24.8 Å². The summed E-state index contributed by atoms with van der Waals surface area (Å²) in [7, 11) is 0. The third-order valence-electron chi connectivity index (χ3n) is 1.66. The molecule has 0 radical (unpaired) electrons. The molecule has 3 N–H and O–H groups in total. The maximum Gasteiger partial charge on any atom is 0.134 e. The van der Waals surface area contributed by atoms with E-state index >= 15 is 0 Å².